The summed E-state index contributed by atoms with van der Waals surface area (Å²) in [7, 11) is 0. The molecule has 8 N–H and O–H groups in total. The molecule has 1 rings (SSSR count). The number of hydrogen-bond acceptors (Lipinski definition) is 5. The van der Waals surface area contributed by atoms with E-state index in [1.165, 1.54) is 0 Å². The quantitative estimate of drug-likeness (QED) is 0.130. The highest BCUT2D eigenvalue weighted by molar-refractivity contribution is 6.01. The lowest BCUT2D eigenvalue weighted by Gasteiger charge is -2.22. The van der Waals surface area contributed by atoms with Crippen molar-refractivity contribution >= 4 is 35.8 Å². The lowest BCUT2D eigenvalue weighted by molar-refractivity contribution is -0.144. The predicted octanol–water partition coefficient (Wildman–Crippen LogP) is 0.942. The molecule has 0 aliphatic heterocycles. The van der Waals surface area contributed by atoms with Gasteiger partial charge < -0.3 is 32.3 Å². The molecule has 0 aromatic heterocycles. The molecule has 0 saturated heterocycles. The summed E-state index contributed by atoms with van der Waals surface area (Å²) in [6.07, 6.45) is 5.32. The third kappa shape index (κ3) is 10.2. The van der Waals surface area contributed by atoms with Crippen molar-refractivity contribution in [3.8, 4) is 0 Å². The molecule has 0 spiro atoms. The van der Waals surface area contributed by atoms with Gasteiger partial charge in [0.25, 0.3) is 5.91 Å². The normalized spacial score (nSPS) is 12.7. The van der Waals surface area contributed by atoms with Crippen LogP contribution in [0.15, 0.2) is 35.3 Å². The Balaban J connectivity index is 2.90. The Morgan fingerprint density at radius 2 is 1.74 bits per heavy atom. The number of carbonyl (C=O) groups excluding carboxylic acids is 2. The highest BCUT2D eigenvalue weighted by atomic mass is 16.4. The van der Waals surface area contributed by atoms with Crippen LogP contribution in [0.3, 0.4) is 0 Å². The van der Waals surface area contributed by atoms with Gasteiger partial charge in [0, 0.05) is 12.1 Å². The van der Waals surface area contributed by atoms with Gasteiger partial charge in [0.2, 0.25) is 5.91 Å². The summed E-state index contributed by atoms with van der Waals surface area (Å²) in [5, 5.41) is 23.2. The van der Waals surface area contributed by atoms with Crippen LogP contribution < -0.4 is 22.1 Å². The molecule has 11 nitrogen and oxygen atoms in total. The van der Waals surface area contributed by atoms with Gasteiger partial charge in [-0.1, -0.05) is 44.2 Å². The molecule has 0 aliphatic rings. The summed E-state index contributed by atoms with van der Waals surface area (Å²) in [4.78, 5) is 52.0. The van der Waals surface area contributed by atoms with Crippen LogP contribution in [-0.4, -0.2) is 58.6 Å². The first-order chi connectivity index (χ1) is 16.0. The van der Waals surface area contributed by atoms with Crippen LogP contribution in [-0.2, 0) is 14.4 Å². The summed E-state index contributed by atoms with van der Waals surface area (Å²) in [6.45, 7) is 3.74. The monoisotopic (exact) mass is 475 g/mol. The molecule has 1 aromatic rings. The largest absolute Gasteiger partial charge is 0.481 e. The number of nitrogens with two attached hydrogens (primary N) is 2. The van der Waals surface area contributed by atoms with E-state index < -0.39 is 48.2 Å². The van der Waals surface area contributed by atoms with Crippen molar-refractivity contribution in [3.05, 3.63) is 41.5 Å². The Labute approximate surface area is 198 Å². The van der Waals surface area contributed by atoms with E-state index in [0.29, 0.717) is 12.1 Å². The number of aliphatic carboxylic acids is 2. The van der Waals surface area contributed by atoms with Crippen molar-refractivity contribution in [2.24, 2.45) is 22.4 Å². The number of benzene rings is 1. The Morgan fingerprint density at radius 3 is 2.32 bits per heavy atom. The first-order valence-corrected chi connectivity index (χ1v) is 10.9. The molecular weight excluding hydrogens is 442 g/mol. The number of rotatable bonds is 14. The second kappa shape index (κ2) is 14.3. The fourth-order valence-corrected chi connectivity index (χ4v) is 3.03. The standard InChI is InChI=1S/C23H33N5O6/c1-14(2)19(22(33)34)28-21(32)17(13-18(29)30)27-20(31)16-11-7-6-10-15(16)9-5-3-4-8-12-26-23(24)25/h5-7,9-11,14,17,19H,3-4,8,12-13H2,1-2H3,(H,27,31)(H,28,32)(H,29,30)(H,33,34)(H4,24,25,26)/b9-5+/t17-,19-/m0/s1. The topological polar surface area (TPSA) is 197 Å². The molecule has 186 valence electrons. The summed E-state index contributed by atoms with van der Waals surface area (Å²) in [5.41, 5.74) is 11.4. The Morgan fingerprint density at radius 1 is 1.06 bits per heavy atom. The zero-order valence-corrected chi connectivity index (χ0v) is 19.4. The first-order valence-electron chi connectivity index (χ1n) is 10.9. The van der Waals surface area contributed by atoms with E-state index in [4.69, 9.17) is 11.5 Å². The number of guanidine groups is 1. The number of allylic oxidation sites excluding steroid dienone is 1. The van der Waals surface area contributed by atoms with Crippen LogP contribution in [0, 0.1) is 5.92 Å². The fourth-order valence-electron chi connectivity index (χ4n) is 3.03. The van der Waals surface area contributed by atoms with E-state index in [1.807, 2.05) is 6.08 Å². The molecule has 0 fully saturated rings. The van der Waals surface area contributed by atoms with E-state index >= 15 is 0 Å². The van der Waals surface area contributed by atoms with Crippen molar-refractivity contribution in [2.75, 3.05) is 6.54 Å². The third-order valence-corrected chi connectivity index (χ3v) is 4.81. The second-order valence-electron chi connectivity index (χ2n) is 7.98. The number of amides is 2. The van der Waals surface area contributed by atoms with Crippen LogP contribution in [0.5, 0.6) is 0 Å². The third-order valence-electron chi connectivity index (χ3n) is 4.81. The molecule has 1 aromatic carbocycles. The minimum atomic E-state index is -1.45. The fraction of sp³-hybridized carbons (Fsp3) is 0.435. The van der Waals surface area contributed by atoms with Gasteiger partial charge in [0.05, 0.1) is 6.42 Å². The summed E-state index contributed by atoms with van der Waals surface area (Å²) in [6, 6.07) is 4.00. The molecule has 0 radical (unpaired) electrons. The van der Waals surface area contributed by atoms with Crippen LogP contribution in [0.2, 0.25) is 0 Å². The molecule has 11 heteroatoms. The molecule has 0 aliphatic carbocycles. The highest BCUT2D eigenvalue weighted by Gasteiger charge is 2.30. The first kappa shape index (κ1) is 28.1. The zero-order chi connectivity index (χ0) is 25.7. The van der Waals surface area contributed by atoms with Crippen LogP contribution in [0.4, 0.5) is 0 Å². The molecule has 2 atom stereocenters. The second-order valence-corrected chi connectivity index (χ2v) is 7.98. The number of nitrogens with zero attached hydrogens (tertiary/aromatic N) is 1. The van der Waals surface area contributed by atoms with Gasteiger partial charge in [0.1, 0.15) is 12.1 Å². The Hall–Kier alpha value is -3.89. The van der Waals surface area contributed by atoms with Crippen LogP contribution in [0.1, 0.15) is 55.5 Å². The van der Waals surface area contributed by atoms with E-state index in [9.17, 15) is 29.4 Å². The average molecular weight is 476 g/mol. The smallest absolute Gasteiger partial charge is 0.326 e. The number of nitrogens with one attached hydrogen (secondary N) is 2. The zero-order valence-electron chi connectivity index (χ0n) is 19.4. The number of hydrogen-bond donors (Lipinski definition) is 6. The van der Waals surface area contributed by atoms with Crippen molar-refractivity contribution in [2.45, 2.75) is 51.6 Å². The SMILES string of the molecule is CC(C)[C@H](NC(=O)[C@H](CC(=O)O)NC(=O)c1ccccc1/C=C/CCCCN=C(N)N)C(=O)O. The maximum absolute atomic E-state index is 12.9. The van der Waals surface area contributed by atoms with Gasteiger partial charge in [-0.2, -0.15) is 0 Å². The molecule has 0 bridgehead atoms. The molecule has 34 heavy (non-hydrogen) atoms. The Kier molecular flexibility index (Phi) is 11.8. The lowest BCUT2D eigenvalue weighted by Crippen LogP contribution is -2.53. The van der Waals surface area contributed by atoms with Crippen LogP contribution in [0.25, 0.3) is 6.08 Å². The Bertz CT molecular complexity index is 924. The van der Waals surface area contributed by atoms with E-state index in [0.717, 1.165) is 19.3 Å². The van der Waals surface area contributed by atoms with Crippen LogP contribution >= 0.6 is 0 Å². The number of carboxylic acids is 2. The number of unbranched alkanes of at least 4 members (excludes halogenated alkanes) is 2. The minimum Gasteiger partial charge on any atom is -0.481 e. The summed E-state index contributed by atoms with van der Waals surface area (Å²) >= 11 is 0. The van der Waals surface area contributed by atoms with E-state index in [1.54, 1.807) is 44.2 Å². The molecule has 0 unspecified atom stereocenters. The van der Waals surface area contributed by atoms with E-state index in [-0.39, 0.29) is 11.5 Å². The molecule has 0 heterocycles. The van der Waals surface area contributed by atoms with Crippen molar-refractivity contribution in [1.82, 2.24) is 10.6 Å². The molecular formula is C23H33N5O6. The highest BCUT2D eigenvalue weighted by Crippen LogP contribution is 2.13. The number of aliphatic imine (C=N–C) groups is 1. The molecule has 2 amide bonds. The number of carboxylic acid groups (broad SMARTS) is 2. The average Bonchev–Trinajstić information content (AvgIpc) is 2.75. The maximum atomic E-state index is 12.9. The van der Waals surface area contributed by atoms with Gasteiger partial charge in [0.15, 0.2) is 5.96 Å². The van der Waals surface area contributed by atoms with Crippen molar-refractivity contribution in [1.29, 1.82) is 0 Å². The lowest BCUT2D eigenvalue weighted by atomic mass is 10.0. The summed E-state index contributed by atoms with van der Waals surface area (Å²) < 4.78 is 0. The van der Waals surface area contributed by atoms with Gasteiger partial charge in [-0.25, -0.2) is 4.79 Å². The van der Waals surface area contributed by atoms with E-state index in [2.05, 4.69) is 15.6 Å². The van der Waals surface area contributed by atoms with Gasteiger partial charge >= 0.3 is 11.9 Å². The van der Waals surface area contributed by atoms with Crippen molar-refractivity contribution < 1.29 is 29.4 Å². The summed E-state index contributed by atoms with van der Waals surface area (Å²) in [5.74, 6) is -4.49. The molecule has 0 saturated carbocycles. The maximum Gasteiger partial charge on any atom is 0.326 e. The van der Waals surface area contributed by atoms with Gasteiger partial charge in [-0.3, -0.25) is 19.4 Å². The predicted molar refractivity (Wildman–Crippen MR) is 128 cm³/mol. The van der Waals surface area contributed by atoms with Gasteiger partial charge in [-0.05, 0) is 36.8 Å². The number of carbonyl (C=O) groups is 4. The van der Waals surface area contributed by atoms with Crippen molar-refractivity contribution in [3.63, 3.8) is 0 Å². The van der Waals surface area contributed by atoms with Gasteiger partial charge in [-0.15, -0.1) is 0 Å². The minimum absolute atomic E-state index is 0.0491.